The molecule has 0 N–H and O–H groups in total. The summed E-state index contributed by atoms with van der Waals surface area (Å²) in [6.07, 6.45) is -5.41. The number of alkyl halides is 3. The molecule has 96 valence electrons. The first-order valence-corrected chi connectivity index (χ1v) is 6.36. The first-order valence-electron chi connectivity index (χ1n) is 3.99. The van der Waals surface area contributed by atoms with Gasteiger partial charge in [-0.25, -0.2) is 17.2 Å². The van der Waals surface area contributed by atoms with Gasteiger partial charge in [0.15, 0.2) is 0 Å². The van der Waals surface area contributed by atoms with Crippen molar-refractivity contribution < 1.29 is 30.4 Å². The van der Waals surface area contributed by atoms with Crippen LogP contribution in [-0.2, 0) is 9.05 Å². The highest BCUT2D eigenvalue weighted by Crippen LogP contribution is 2.42. The quantitative estimate of drug-likeness (QED) is 0.620. The van der Waals surface area contributed by atoms with Crippen LogP contribution in [0.3, 0.4) is 0 Å². The molecule has 0 spiro atoms. The predicted octanol–water partition coefficient (Wildman–Crippen LogP) is 3.14. The lowest BCUT2D eigenvalue weighted by molar-refractivity contribution is -0.132. The van der Waals surface area contributed by atoms with Gasteiger partial charge >= 0.3 is 6.18 Å². The molecule has 0 saturated carbocycles. The highest BCUT2D eigenvalue weighted by Gasteiger charge is 2.51. The molecule has 9 heteroatoms. The van der Waals surface area contributed by atoms with Gasteiger partial charge in [0.05, 0.1) is 5.56 Å². The molecule has 0 amide bonds. The molecule has 1 aromatic carbocycles. The van der Waals surface area contributed by atoms with Gasteiger partial charge in [-0.3, -0.25) is 0 Å². The van der Waals surface area contributed by atoms with Crippen molar-refractivity contribution in [2.45, 2.75) is 11.4 Å². The first kappa shape index (κ1) is 14.2. The normalized spacial score (nSPS) is 14.7. The van der Waals surface area contributed by atoms with Crippen LogP contribution in [0.5, 0.6) is 0 Å². The minimum atomic E-state index is -5.41. The summed E-state index contributed by atoms with van der Waals surface area (Å²) in [7, 11) is -0.672. The second-order valence-electron chi connectivity index (χ2n) is 3.03. The number of hydrogen-bond donors (Lipinski definition) is 0. The lowest BCUT2D eigenvalue weighted by atomic mass is 10.1. The van der Waals surface area contributed by atoms with Gasteiger partial charge in [-0.1, -0.05) is 6.07 Å². The lowest BCUT2D eigenvalue weighted by Crippen LogP contribution is -2.27. The van der Waals surface area contributed by atoms with E-state index in [-0.39, 0.29) is 0 Å². The van der Waals surface area contributed by atoms with Crippen LogP contribution in [0.2, 0.25) is 0 Å². The molecular weight excluding hydrogens is 291 g/mol. The minimum Gasteiger partial charge on any atom is -0.211 e. The molecule has 2 nitrogen and oxygen atoms in total. The highest BCUT2D eigenvalue weighted by molar-refractivity contribution is 8.14. The van der Waals surface area contributed by atoms with Crippen molar-refractivity contribution in [3.63, 3.8) is 0 Å². The van der Waals surface area contributed by atoms with E-state index >= 15 is 0 Å². The number of rotatable bonds is 2. The third kappa shape index (κ3) is 3.06. The van der Waals surface area contributed by atoms with Gasteiger partial charge in [0.2, 0.25) is 14.3 Å². The molecule has 1 rings (SSSR count). The molecule has 0 aliphatic rings. The van der Waals surface area contributed by atoms with Crippen LogP contribution in [0.15, 0.2) is 18.2 Å². The Kier molecular flexibility index (Phi) is 3.68. The van der Waals surface area contributed by atoms with E-state index in [4.69, 9.17) is 0 Å². The summed E-state index contributed by atoms with van der Waals surface area (Å²) in [5, 5.41) is -3.43. The third-order valence-electron chi connectivity index (χ3n) is 1.84. The Labute approximate surface area is 97.4 Å². The summed E-state index contributed by atoms with van der Waals surface area (Å²) in [4.78, 5) is 0. The van der Waals surface area contributed by atoms with Crippen LogP contribution in [0, 0.1) is 11.6 Å². The summed E-state index contributed by atoms with van der Waals surface area (Å²) >= 11 is 0. The lowest BCUT2D eigenvalue weighted by Gasteiger charge is -2.18. The molecule has 0 aromatic heterocycles. The van der Waals surface area contributed by atoms with Gasteiger partial charge in [-0.2, -0.15) is 13.2 Å². The van der Waals surface area contributed by atoms with Gasteiger partial charge in [-0.15, -0.1) is 0 Å². The van der Waals surface area contributed by atoms with E-state index in [1.165, 1.54) is 0 Å². The maximum Gasteiger partial charge on any atom is 0.410 e. The summed E-state index contributed by atoms with van der Waals surface area (Å²) in [5.74, 6) is -3.26. The SMILES string of the molecule is O=S(=O)(Cl)C(c1c(F)cccc1F)C(F)(F)F. The van der Waals surface area contributed by atoms with Crippen molar-refractivity contribution in [1.82, 2.24) is 0 Å². The molecule has 0 radical (unpaired) electrons. The fourth-order valence-electron chi connectivity index (χ4n) is 1.23. The van der Waals surface area contributed by atoms with Gasteiger partial charge in [0.1, 0.15) is 11.6 Å². The first-order chi connectivity index (χ1) is 7.55. The Morgan fingerprint density at radius 1 is 1.12 bits per heavy atom. The van der Waals surface area contributed by atoms with Crippen molar-refractivity contribution >= 4 is 19.7 Å². The largest absolute Gasteiger partial charge is 0.410 e. The number of hydrogen-bond acceptors (Lipinski definition) is 2. The van der Waals surface area contributed by atoms with Crippen LogP contribution in [0.25, 0.3) is 0 Å². The summed E-state index contributed by atoms with van der Waals surface area (Å²) in [5.41, 5.74) is -1.63. The van der Waals surface area contributed by atoms with Crippen molar-refractivity contribution in [2.24, 2.45) is 0 Å². The van der Waals surface area contributed by atoms with Crippen LogP contribution >= 0.6 is 10.7 Å². The van der Waals surface area contributed by atoms with Crippen LogP contribution in [-0.4, -0.2) is 14.6 Å². The zero-order valence-electron chi connectivity index (χ0n) is 7.80. The van der Waals surface area contributed by atoms with E-state index in [0.717, 1.165) is 6.07 Å². The second-order valence-corrected chi connectivity index (χ2v) is 5.75. The van der Waals surface area contributed by atoms with Gasteiger partial charge in [-0.05, 0) is 12.1 Å². The standard InChI is InChI=1S/C8H4ClF5O2S/c9-17(15,16)7(8(12,13)14)6-4(10)2-1-3-5(6)11/h1-3,7H. The van der Waals surface area contributed by atoms with E-state index in [2.05, 4.69) is 10.7 Å². The highest BCUT2D eigenvalue weighted by atomic mass is 35.7. The smallest absolute Gasteiger partial charge is 0.211 e. The molecule has 0 heterocycles. The molecule has 0 aliphatic carbocycles. The molecule has 1 aromatic rings. The fraction of sp³-hybridized carbons (Fsp3) is 0.250. The molecule has 17 heavy (non-hydrogen) atoms. The van der Waals surface area contributed by atoms with E-state index in [1.54, 1.807) is 0 Å². The molecule has 0 fully saturated rings. The topological polar surface area (TPSA) is 34.1 Å². The van der Waals surface area contributed by atoms with Gasteiger partial charge < -0.3 is 0 Å². The summed E-state index contributed by atoms with van der Waals surface area (Å²) in [6, 6.07) is 1.83. The van der Waals surface area contributed by atoms with E-state index in [1.807, 2.05) is 0 Å². The third-order valence-corrected chi connectivity index (χ3v) is 3.44. The van der Waals surface area contributed by atoms with E-state index in [0.29, 0.717) is 12.1 Å². The van der Waals surface area contributed by atoms with Gasteiger partial charge in [0, 0.05) is 10.7 Å². The van der Waals surface area contributed by atoms with Gasteiger partial charge in [0.25, 0.3) is 0 Å². The van der Waals surface area contributed by atoms with Crippen LogP contribution in [0.4, 0.5) is 22.0 Å². The average molecular weight is 295 g/mol. The molecular formula is C8H4ClF5O2S. The molecule has 0 bridgehead atoms. The monoisotopic (exact) mass is 294 g/mol. The fourth-order valence-corrected chi connectivity index (χ4v) is 2.62. The van der Waals surface area contributed by atoms with Crippen molar-refractivity contribution in [1.29, 1.82) is 0 Å². The minimum absolute atomic E-state index is 0.513. The van der Waals surface area contributed by atoms with Crippen molar-refractivity contribution in [3.05, 3.63) is 35.4 Å². The predicted molar refractivity (Wildman–Crippen MR) is 49.9 cm³/mol. The average Bonchev–Trinajstić information content (AvgIpc) is 2.06. The molecule has 0 aliphatic heterocycles. The van der Waals surface area contributed by atoms with Crippen LogP contribution < -0.4 is 0 Å². The number of benzene rings is 1. The van der Waals surface area contributed by atoms with Crippen LogP contribution in [0.1, 0.15) is 10.8 Å². The Balaban J connectivity index is 3.55. The summed E-state index contributed by atoms with van der Waals surface area (Å²) in [6.45, 7) is 0. The zero-order valence-corrected chi connectivity index (χ0v) is 9.37. The van der Waals surface area contributed by atoms with Crippen molar-refractivity contribution in [3.8, 4) is 0 Å². The maximum atomic E-state index is 13.1. The van der Waals surface area contributed by atoms with E-state index in [9.17, 15) is 30.4 Å². The molecule has 1 unspecified atom stereocenters. The Morgan fingerprint density at radius 3 is 1.82 bits per heavy atom. The second kappa shape index (κ2) is 4.41. The Hall–Kier alpha value is -0.890. The zero-order chi connectivity index (χ0) is 13.4. The van der Waals surface area contributed by atoms with E-state index < -0.39 is 37.7 Å². The maximum absolute atomic E-state index is 13.1. The Bertz CT molecular complexity index is 505. The Morgan fingerprint density at radius 2 is 1.53 bits per heavy atom. The summed E-state index contributed by atoms with van der Waals surface area (Å²) < 4.78 is 85.2. The van der Waals surface area contributed by atoms with Crippen molar-refractivity contribution in [2.75, 3.05) is 0 Å². The molecule has 1 atom stereocenters. The molecule has 0 saturated heterocycles. The number of halogens is 6.